The summed E-state index contributed by atoms with van der Waals surface area (Å²) in [5, 5.41) is 10.9. The standard InChI is InChI=1S/C24H37NO5/c1-15(2)11-16(3)20(26)14-19-18-13-22(29-8)21(28-7)12-17(18)9-10-25(19)23(27)30-24(4,5)6/h12-13,15,19-20,26H,3,9-11,14H2,1-2,4-8H3/t19-,20+/m1/s1. The summed E-state index contributed by atoms with van der Waals surface area (Å²) < 4.78 is 16.6. The molecule has 6 heteroatoms. The Balaban J connectivity index is 2.42. The number of nitrogens with zero attached hydrogens (tertiary/aromatic N) is 1. The molecule has 0 saturated carbocycles. The van der Waals surface area contributed by atoms with Crippen molar-refractivity contribution < 1.29 is 24.1 Å². The molecule has 0 aliphatic carbocycles. The third kappa shape index (κ3) is 5.91. The van der Waals surface area contributed by atoms with Gasteiger partial charge in [0, 0.05) is 13.0 Å². The summed E-state index contributed by atoms with van der Waals surface area (Å²) in [6.45, 7) is 14.3. The van der Waals surface area contributed by atoms with Crippen LogP contribution in [0.5, 0.6) is 11.5 Å². The van der Waals surface area contributed by atoms with Gasteiger partial charge in [-0.3, -0.25) is 0 Å². The van der Waals surface area contributed by atoms with Gasteiger partial charge in [-0.25, -0.2) is 4.79 Å². The molecular weight excluding hydrogens is 382 g/mol. The van der Waals surface area contributed by atoms with Crippen LogP contribution in [0.4, 0.5) is 4.79 Å². The highest BCUT2D eigenvalue weighted by Gasteiger charge is 2.36. The van der Waals surface area contributed by atoms with Crippen LogP contribution >= 0.6 is 0 Å². The van der Waals surface area contributed by atoms with Crippen molar-refractivity contribution in [3.8, 4) is 11.5 Å². The molecule has 1 heterocycles. The zero-order valence-electron chi connectivity index (χ0n) is 19.4. The molecule has 1 aromatic carbocycles. The van der Waals surface area contributed by atoms with Gasteiger partial charge in [0.15, 0.2) is 11.5 Å². The Hall–Kier alpha value is -2.21. The largest absolute Gasteiger partial charge is 0.493 e. The Kier molecular flexibility index (Phi) is 7.81. The normalized spacial score (nSPS) is 17.4. The van der Waals surface area contributed by atoms with Crippen LogP contribution in [0.1, 0.15) is 64.6 Å². The number of carbonyl (C=O) groups is 1. The van der Waals surface area contributed by atoms with Gasteiger partial charge in [0.1, 0.15) is 5.60 Å². The van der Waals surface area contributed by atoms with E-state index in [1.54, 1.807) is 19.1 Å². The summed E-state index contributed by atoms with van der Waals surface area (Å²) in [7, 11) is 3.20. The lowest BCUT2D eigenvalue weighted by Gasteiger charge is -2.39. The van der Waals surface area contributed by atoms with Crippen molar-refractivity contribution in [1.29, 1.82) is 0 Å². The topological polar surface area (TPSA) is 68.2 Å². The molecule has 6 nitrogen and oxygen atoms in total. The van der Waals surface area contributed by atoms with Crippen molar-refractivity contribution in [3.63, 3.8) is 0 Å². The molecule has 1 aliphatic rings. The fourth-order valence-electron chi connectivity index (χ4n) is 3.86. The van der Waals surface area contributed by atoms with Gasteiger partial charge in [-0.05, 0) is 68.4 Å². The van der Waals surface area contributed by atoms with E-state index in [2.05, 4.69) is 20.4 Å². The Bertz CT molecular complexity index is 766. The van der Waals surface area contributed by atoms with Crippen molar-refractivity contribution in [2.75, 3.05) is 20.8 Å². The number of carbonyl (C=O) groups excluding carboxylic acids is 1. The SMILES string of the molecule is C=C(CC(C)C)[C@@H](O)C[C@@H]1c2cc(OC)c(OC)cc2CCN1C(=O)OC(C)(C)C. The van der Waals surface area contributed by atoms with E-state index >= 15 is 0 Å². The van der Waals surface area contributed by atoms with Gasteiger partial charge in [-0.1, -0.05) is 20.4 Å². The summed E-state index contributed by atoms with van der Waals surface area (Å²) >= 11 is 0. The maximum atomic E-state index is 13.0. The van der Waals surface area contributed by atoms with E-state index < -0.39 is 11.7 Å². The van der Waals surface area contributed by atoms with E-state index in [0.29, 0.717) is 36.8 Å². The summed E-state index contributed by atoms with van der Waals surface area (Å²) in [6, 6.07) is 3.53. The predicted octanol–water partition coefficient (Wildman–Crippen LogP) is 4.89. The minimum absolute atomic E-state index is 0.345. The van der Waals surface area contributed by atoms with Gasteiger partial charge in [0.2, 0.25) is 0 Å². The fraction of sp³-hybridized carbons (Fsp3) is 0.625. The van der Waals surface area contributed by atoms with Crippen molar-refractivity contribution >= 4 is 6.09 Å². The van der Waals surface area contributed by atoms with Crippen LogP contribution in [0.15, 0.2) is 24.3 Å². The van der Waals surface area contributed by atoms with E-state index in [-0.39, 0.29) is 12.1 Å². The lowest BCUT2D eigenvalue weighted by Crippen LogP contribution is -2.44. The number of benzene rings is 1. The van der Waals surface area contributed by atoms with Crippen LogP contribution in [0.2, 0.25) is 0 Å². The van der Waals surface area contributed by atoms with Crippen LogP contribution in [0.3, 0.4) is 0 Å². The maximum absolute atomic E-state index is 13.0. The Morgan fingerprint density at radius 1 is 1.23 bits per heavy atom. The Morgan fingerprint density at radius 3 is 2.37 bits per heavy atom. The fourth-order valence-corrected chi connectivity index (χ4v) is 3.86. The number of aliphatic hydroxyl groups is 1. The first-order valence-electron chi connectivity index (χ1n) is 10.6. The van der Waals surface area contributed by atoms with Crippen LogP contribution in [0, 0.1) is 5.92 Å². The molecule has 1 aliphatic heterocycles. The molecule has 1 aromatic rings. The molecule has 0 radical (unpaired) electrons. The second-order valence-corrected chi connectivity index (χ2v) is 9.35. The zero-order valence-corrected chi connectivity index (χ0v) is 19.4. The second-order valence-electron chi connectivity index (χ2n) is 9.35. The van der Waals surface area contributed by atoms with E-state index in [1.165, 1.54) is 0 Å². The Labute approximate surface area is 180 Å². The van der Waals surface area contributed by atoms with Crippen LogP contribution in [0.25, 0.3) is 0 Å². The van der Waals surface area contributed by atoms with Crippen molar-refractivity contribution in [2.24, 2.45) is 5.92 Å². The maximum Gasteiger partial charge on any atom is 0.410 e. The number of ether oxygens (including phenoxy) is 3. The smallest absolute Gasteiger partial charge is 0.410 e. The van der Waals surface area contributed by atoms with Gasteiger partial charge in [0.05, 0.1) is 26.4 Å². The predicted molar refractivity (Wildman–Crippen MR) is 118 cm³/mol. The summed E-state index contributed by atoms with van der Waals surface area (Å²) in [6.07, 6.45) is 0.664. The minimum atomic E-state index is -0.721. The molecule has 1 N–H and O–H groups in total. The molecule has 0 unspecified atom stereocenters. The number of aliphatic hydroxyl groups excluding tert-OH is 1. The summed E-state index contributed by atoms with van der Waals surface area (Å²) in [5.41, 5.74) is 2.21. The minimum Gasteiger partial charge on any atom is -0.493 e. The lowest BCUT2D eigenvalue weighted by atomic mass is 9.86. The molecule has 0 aromatic heterocycles. The lowest BCUT2D eigenvalue weighted by molar-refractivity contribution is 0.00895. The third-order valence-electron chi connectivity index (χ3n) is 5.22. The van der Waals surface area contributed by atoms with Crippen LogP contribution < -0.4 is 9.47 Å². The average molecular weight is 420 g/mol. The van der Waals surface area contributed by atoms with Crippen molar-refractivity contribution in [1.82, 2.24) is 4.90 Å². The first-order chi connectivity index (χ1) is 14.0. The molecule has 0 fully saturated rings. The van der Waals surface area contributed by atoms with Crippen LogP contribution in [-0.4, -0.2) is 48.6 Å². The van der Waals surface area contributed by atoms with Gasteiger partial charge < -0.3 is 24.2 Å². The number of hydrogen-bond acceptors (Lipinski definition) is 5. The molecule has 168 valence electrons. The quantitative estimate of drug-likeness (QED) is 0.637. The van der Waals surface area contributed by atoms with Crippen LogP contribution in [-0.2, 0) is 11.2 Å². The van der Waals surface area contributed by atoms with E-state index in [9.17, 15) is 9.90 Å². The molecule has 2 atom stereocenters. The highest BCUT2D eigenvalue weighted by Crippen LogP contribution is 2.41. The van der Waals surface area contributed by atoms with Gasteiger partial charge in [-0.15, -0.1) is 0 Å². The highest BCUT2D eigenvalue weighted by atomic mass is 16.6. The number of hydrogen-bond donors (Lipinski definition) is 1. The second kappa shape index (κ2) is 9.73. The summed E-state index contributed by atoms with van der Waals surface area (Å²) in [4.78, 5) is 14.7. The van der Waals surface area contributed by atoms with E-state index in [0.717, 1.165) is 23.1 Å². The molecule has 0 spiro atoms. The number of methoxy groups -OCH3 is 2. The average Bonchev–Trinajstić information content (AvgIpc) is 2.64. The van der Waals surface area contributed by atoms with Crippen molar-refractivity contribution in [2.45, 2.75) is 71.6 Å². The molecule has 0 saturated heterocycles. The number of fused-ring (bicyclic) bond motifs is 1. The van der Waals surface area contributed by atoms with Gasteiger partial charge in [0.25, 0.3) is 0 Å². The monoisotopic (exact) mass is 419 g/mol. The highest BCUT2D eigenvalue weighted by molar-refractivity contribution is 5.70. The summed E-state index contributed by atoms with van der Waals surface area (Å²) in [5.74, 6) is 1.66. The zero-order chi connectivity index (χ0) is 22.6. The van der Waals surface area contributed by atoms with E-state index in [1.807, 2.05) is 32.9 Å². The Morgan fingerprint density at radius 2 is 1.83 bits per heavy atom. The third-order valence-corrected chi connectivity index (χ3v) is 5.22. The molecular formula is C24H37NO5. The first-order valence-corrected chi connectivity index (χ1v) is 10.6. The van der Waals surface area contributed by atoms with Gasteiger partial charge in [-0.2, -0.15) is 0 Å². The number of rotatable bonds is 7. The van der Waals surface area contributed by atoms with E-state index in [4.69, 9.17) is 14.2 Å². The van der Waals surface area contributed by atoms with Crippen molar-refractivity contribution in [3.05, 3.63) is 35.4 Å². The molecule has 1 amide bonds. The molecule has 30 heavy (non-hydrogen) atoms. The molecule has 0 bridgehead atoms. The number of amides is 1. The van der Waals surface area contributed by atoms with Gasteiger partial charge >= 0.3 is 6.09 Å². The molecule has 2 rings (SSSR count). The first kappa shape index (κ1) is 24.1.